The molecule has 2 aliphatic heterocycles. The average Bonchev–Trinajstić information content (AvgIpc) is 3.06. The SMILES string of the molecule is NC=CN(N)CC1CN(c2cc(F)c(N3CCNN(C(=O)NCc4ccnc(Cl)c4)CC3)c(F)c2)C(=O)O1. The Kier molecular flexibility index (Phi) is 8.66. The smallest absolute Gasteiger partial charge is 0.414 e. The fourth-order valence-electron chi connectivity index (χ4n) is 4.20. The Balaban J connectivity index is 1.38. The van der Waals surface area contributed by atoms with Gasteiger partial charge >= 0.3 is 12.1 Å². The molecule has 0 bridgehead atoms. The molecule has 1 unspecified atom stereocenters. The number of benzene rings is 1. The third-order valence-electron chi connectivity index (χ3n) is 5.95. The van der Waals surface area contributed by atoms with E-state index in [2.05, 4.69) is 15.7 Å². The van der Waals surface area contributed by atoms with Gasteiger partial charge in [0.25, 0.3) is 0 Å². The average molecular weight is 552 g/mol. The van der Waals surface area contributed by atoms with Gasteiger partial charge in [0.1, 0.15) is 16.9 Å². The van der Waals surface area contributed by atoms with Crippen molar-refractivity contribution in [3.63, 3.8) is 0 Å². The molecule has 15 heteroatoms. The number of nitrogens with zero attached hydrogens (tertiary/aromatic N) is 5. The minimum atomic E-state index is -0.838. The molecule has 3 heterocycles. The zero-order valence-electron chi connectivity index (χ0n) is 20.3. The van der Waals surface area contributed by atoms with Crippen molar-refractivity contribution in [2.45, 2.75) is 12.6 Å². The number of cyclic esters (lactones) is 1. The molecule has 6 N–H and O–H groups in total. The summed E-state index contributed by atoms with van der Waals surface area (Å²) in [6.07, 6.45) is 2.84. The normalized spacial score (nSPS) is 18.1. The third kappa shape index (κ3) is 6.51. The summed E-state index contributed by atoms with van der Waals surface area (Å²) < 4.78 is 35.6. The predicted octanol–water partition coefficient (Wildman–Crippen LogP) is 1.48. The summed E-state index contributed by atoms with van der Waals surface area (Å²) in [6.45, 7) is 1.29. The second kappa shape index (κ2) is 12.1. The minimum Gasteiger partial charge on any atom is -0.442 e. The van der Waals surface area contributed by atoms with Crippen molar-refractivity contribution in [1.29, 1.82) is 0 Å². The summed E-state index contributed by atoms with van der Waals surface area (Å²) in [5.41, 5.74) is 8.81. The molecular formula is C23H28ClF2N9O3. The number of halogens is 3. The summed E-state index contributed by atoms with van der Waals surface area (Å²) in [6, 6.07) is 5.15. The first-order chi connectivity index (χ1) is 18.2. The van der Waals surface area contributed by atoms with Crippen LogP contribution in [0.3, 0.4) is 0 Å². The van der Waals surface area contributed by atoms with Gasteiger partial charge in [-0.25, -0.2) is 34.6 Å². The molecule has 2 aliphatic rings. The fourth-order valence-corrected chi connectivity index (χ4v) is 4.39. The first-order valence-corrected chi connectivity index (χ1v) is 12.1. The number of rotatable bonds is 7. The highest BCUT2D eigenvalue weighted by Gasteiger charge is 2.34. The van der Waals surface area contributed by atoms with E-state index < -0.39 is 29.9 Å². The monoisotopic (exact) mass is 551 g/mol. The van der Waals surface area contributed by atoms with E-state index in [1.54, 1.807) is 18.3 Å². The lowest BCUT2D eigenvalue weighted by molar-refractivity contribution is 0.122. The quantitative estimate of drug-likeness (QED) is 0.228. The number of amides is 3. The predicted molar refractivity (Wildman–Crippen MR) is 137 cm³/mol. The largest absolute Gasteiger partial charge is 0.442 e. The van der Waals surface area contributed by atoms with Gasteiger partial charge in [-0.05, 0) is 17.7 Å². The molecule has 1 atom stereocenters. The first kappa shape index (κ1) is 27.2. The van der Waals surface area contributed by atoms with Gasteiger partial charge in [0.2, 0.25) is 0 Å². The van der Waals surface area contributed by atoms with Crippen molar-refractivity contribution in [1.82, 2.24) is 25.7 Å². The van der Waals surface area contributed by atoms with Crippen molar-refractivity contribution in [2.75, 3.05) is 49.1 Å². The topological polar surface area (TPSA) is 145 Å². The van der Waals surface area contributed by atoms with Crippen molar-refractivity contribution < 1.29 is 23.1 Å². The van der Waals surface area contributed by atoms with Crippen LogP contribution < -0.4 is 32.1 Å². The van der Waals surface area contributed by atoms with Crippen LogP contribution in [0.25, 0.3) is 0 Å². The molecule has 2 aromatic rings. The molecule has 1 aromatic heterocycles. The molecule has 38 heavy (non-hydrogen) atoms. The second-order valence-electron chi connectivity index (χ2n) is 8.61. The number of carbonyl (C=O) groups excluding carboxylic acids is 2. The number of hydrazine groups is 2. The Hall–Kier alpha value is -3.88. The highest BCUT2D eigenvalue weighted by atomic mass is 35.5. The zero-order valence-corrected chi connectivity index (χ0v) is 21.1. The number of ether oxygens (including phenoxy) is 1. The maximum atomic E-state index is 15.2. The van der Waals surface area contributed by atoms with Crippen LogP contribution in [0.15, 0.2) is 42.9 Å². The Morgan fingerprint density at radius 2 is 2.05 bits per heavy atom. The number of nitrogens with two attached hydrogens (primary N) is 2. The molecule has 1 aromatic carbocycles. The summed E-state index contributed by atoms with van der Waals surface area (Å²) >= 11 is 5.87. The fraction of sp³-hybridized carbons (Fsp3) is 0.348. The molecule has 2 fully saturated rings. The lowest BCUT2D eigenvalue weighted by atomic mass is 10.2. The van der Waals surface area contributed by atoms with Crippen molar-refractivity contribution >= 4 is 35.1 Å². The molecular weight excluding hydrogens is 524 g/mol. The lowest BCUT2D eigenvalue weighted by Crippen LogP contribution is -2.48. The Morgan fingerprint density at radius 1 is 1.29 bits per heavy atom. The van der Waals surface area contributed by atoms with E-state index in [1.165, 1.54) is 27.3 Å². The van der Waals surface area contributed by atoms with Gasteiger partial charge in [-0.2, -0.15) is 0 Å². The molecule has 0 spiro atoms. The maximum Gasteiger partial charge on any atom is 0.414 e. The highest BCUT2D eigenvalue weighted by molar-refractivity contribution is 6.29. The van der Waals surface area contributed by atoms with Gasteiger partial charge < -0.3 is 25.7 Å². The van der Waals surface area contributed by atoms with Gasteiger partial charge in [-0.1, -0.05) is 11.6 Å². The van der Waals surface area contributed by atoms with Crippen LogP contribution >= 0.6 is 11.6 Å². The van der Waals surface area contributed by atoms with E-state index in [1.807, 2.05) is 0 Å². The summed E-state index contributed by atoms with van der Waals surface area (Å²) in [7, 11) is 0. The number of pyridine rings is 1. The number of carbonyl (C=O) groups is 2. The summed E-state index contributed by atoms with van der Waals surface area (Å²) in [4.78, 5) is 31.5. The second-order valence-corrected chi connectivity index (χ2v) is 8.99. The van der Waals surface area contributed by atoms with Crippen LogP contribution in [0.4, 0.5) is 29.7 Å². The van der Waals surface area contributed by atoms with Crippen LogP contribution in [0.1, 0.15) is 5.56 Å². The van der Waals surface area contributed by atoms with E-state index >= 15 is 8.78 Å². The number of hydrogen-bond acceptors (Lipinski definition) is 9. The van der Waals surface area contributed by atoms with Crippen molar-refractivity contribution in [3.8, 4) is 0 Å². The maximum absolute atomic E-state index is 15.2. The number of urea groups is 1. The number of anilines is 2. The van der Waals surface area contributed by atoms with E-state index in [0.29, 0.717) is 5.15 Å². The molecule has 12 nitrogen and oxygen atoms in total. The molecule has 2 saturated heterocycles. The van der Waals surface area contributed by atoms with E-state index in [9.17, 15) is 9.59 Å². The Labute approximate surface area is 222 Å². The van der Waals surface area contributed by atoms with E-state index in [4.69, 9.17) is 27.9 Å². The third-order valence-corrected chi connectivity index (χ3v) is 6.16. The summed E-state index contributed by atoms with van der Waals surface area (Å²) in [5, 5.41) is 5.69. The molecule has 0 saturated carbocycles. The summed E-state index contributed by atoms with van der Waals surface area (Å²) in [5.74, 6) is 4.05. The van der Waals surface area contributed by atoms with Crippen LogP contribution in [0, 0.1) is 11.6 Å². The molecule has 0 radical (unpaired) electrons. The molecule has 0 aliphatic carbocycles. The molecule has 3 amide bonds. The van der Waals surface area contributed by atoms with Gasteiger partial charge in [0.05, 0.1) is 25.3 Å². The molecule has 4 rings (SSSR count). The van der Waals surface area contributed by atoms with Crippen molar-refractivity contribution in [2.24, 2.45) is 11.6 Å². The number of hydrogen-bond donors (Lipinski definition) is 4. The van der Waals surface area contributed by atoms with E-state index in [0.717, 1.165) is 22.6 Å². The van der Waals surface area contributed by atoms with Crippen LogP contribution in [0.5, 0.6) is 0 Å². The Bertz CT molecular complexity index is 1180. The van der Waals surface area contributed by atoms with Gasteiger partial charge in [-0.15, -0.1) is 0 Å². The first-order valence-electron chi connectivity index (χ1n) is 11.8. The van der Waals surface area contributed by atoms with E-state index in [-0.39, 0.29) is 57.2 Å². The number of aromatic nitrogens is 1. The van der Waals surface area contributed by atoms with Gasteiger partial charge in [-0.3, -0.25) is 9.91 Å². The Morgan fingerprint density at radius 3 is 2.76 bits per heavy atom. The minimum absolute atomic E-state index is 0.0272. The number of nitrogens with one attached hydrogen (secondary N) is 2. The standard InChI is InChI=1S/C23H28ClF2N9O3/c24-20-9-15(1-3-29-20)12-30-22(36)35-8-7-32(6-4-31-35)21-18(25)10-16(11-19(21)26)34-14-17(38-23(34)37)13-33(28)5-2-27/h1-3,5,9-11,17,31H,4,6-8,12-14,27-28H2,(H,30,36). The van der Waals surface area contributed by atoms with Crippen LogP contribution in [-0.4, -0.2) is 72.5 Å². The molecule has 204 valence electrons. The van der Waals surface area contributed by atoms with Crippen LogP contribution in [0.2, 0.25) is 5.15 Å². The van der Waals surface area contributed by atoms with Gasteiger partial charge in [0, 0.05) is 56.9 Å². The lowest BCUT2D eigenvalue weighted by Gasteiger charge is -2.25. The zero-order chi connectivity index (χ0) is 27.2. The highest BCUT2D eigenvalue weighted by Crippen LogP contribution is 2.31. The van der Waals surface area contributed by atoms with Crippen LogP contribution in [-0.2, 0) is 11.3 Å². The van der Waals surface area contributed by atoms with Crippen molar-refractivity contribution in [3.05, 3.63) is 65.2 Å². The van der Waals surface area contributed by atoms with Gasteiger partial charge in [0.15, 0.2) is 11.6 Å².